The molecule has 0 aliphatic heterocycles. The van der Waals surface area contributed by atoms with Gasteiger partial charge in [-0.2, -0.15) is 0 Å². The van der Waals surface area contributed by atoms with Crippen molar-refractivity contribution in [2.75, 3.05) is 0 Å². The van der Waals surface area contributed by atoms with Gasteiger partial charge < -0.3 is 9.67 Å². The zero-order valence-electron chi connectivity index (χ0n) is 9.76. The Morgan fingerprint density at radius 3 is 3.00 bits per heavy atom. The van der Waals surface area contributed by atoms with Crippen LogP contribution >= 0.6 is 0 Å². The summed E-state index contributed by atoms with van der Waals surface area (Å²) in [6, 6.07) is 7.44. The Hall–Kier alpha value is -1.77. The van der Waals surface area contributed by atoms with E-state index in [0.29, 0.717) is 5.75 Å². The number of benzene rings is 1. The molecule has 1 aliphatic rings. The van der Waals surface area contributed by atoms with Crippen LogP contribution in [0, 0.1) is 0 Å². The molecule has 0 bridgehead atoms. The van der Waals surface area contributed by atoms with E-state index >= 15 is 0 Å². The highest BCUT2D eigenvalue weighted by molar-refractivity contribution is 5.28. The molecule has 0 unspecified atom stereocenters. The predicted molar refractivity (Wildman–Crippen MR) is 66.1 cm³/mol. The van der Waals surface area contributed by atoms with Gasteiger partial charge in [0.05, 0.1) is 12.0 Å². The number of fused-ring (bicyclic) bond motifs is 1. The minimum Gasteiger partial charge on any atom is -0.508 e. The summed E-state index contributed by atoms with van der Waals surface area (Å²) in [5.41, 5.74) is 3.76. The summed E-state index contributed by atoms with van der Waals surface area (Å²) in [6.45, 7) is 0.802. The second kappa shape index (κ2) is 4.24. The molecule has 0 atom stereocenters. The van der Waals surface area contributed by atoms with Crippen LogP contribution in [-0.2, 0) is 19.4 Å². The van der Waals surface area contributed by atoms with Crippen LogP contribution in [-0.4, -0.2) is 14.7 Å². The maximum atomic E-state index is 9.46. The average Bonchev–Trinajstić information content (AvgIpc) is 2.73. The van der Waals surface area contributed by atoms with Crippen molar-refractivity contribution in [3.63, 3.8) is 0 Å². The van der Waals surface area contributed by atoms with Gasteiger partial charge in [0.2, 0.25) is 0 Å². The smallest absolute Gasteiger partial charge is 0.115 e. The molecule has 88 valence electrons. The van der Waals surface area contributed by atoms with Gasteiger partial charge in [-0.1, -0.05) is 12.1 Å². The summed E-state index contributed by atoms with van der Waals surface area (Å²) in [5.74, 6) is 0.330. The van der Waals surface area contributed by atoms with Crippen molar-refractivity contribution < 1.29 is 5.11 Å². The zero-order valence-corrected chi connectivity index (χ0v) is 9.76. The van der Waals surface area contributed by atoms with Gasteiger partial charge in [-0.3, -0.25) is 0 Å². The van der Waals surface area contributed by atoms with E-state index in [1.807, 2.05) is 24.5 Å². The standard InChI is InChI=1S/C14H16N2O/c17-12-5-3-4-11(8-12)9-16-10-15-13-6-1-2-7-14(13)16/h3-5,8,10,17H,1-2,6-7,9H2. The Labute approximate surface area is 101 Å². The highest BCUT2D eigenvalue weighted by atomic mass is 16.3. The van der Waals surface area contributed by atoms with Gasteiger partial charge in [-0.25, -0.2) is 4.98 Å². The molecule has 2 aromatic rings. The molecule has 0 saturated heterocycles. The van der Waals surface area contributed by atoms with Crippen molar-refractivity contribution >= 4 is 0 Å². The Bertz CT molecular complexity index is 531. The van der Waals surface area contributed by atoms with E-state index in [2.05, 4.69) is 9.55 Å². The molecule has 0 fully saturated rings. The highest BCUT2D eigenvalue weighted by Crippen LogP contribution is 2.21. The van der Waals surface area contributed by atoms with Gasteiger partial charge in [0.15, 0.2) is 0 Å². The van der Waals surface area contributed by atoms with Gasteiger partial charge >= 0.3 is 0 Å². The number of aryl methyl sites for hydroxylation is 1. The third kappa shape index (κ3) is 2.05. The number of phenols is 1. The molecule has 1 aromatic heterocycles. The SMILES string of the molecule is Oc1cccc(Cn2cnc3c2CCCC3)c1. The summed E-state index contributed by atoms with van der Waals surface area (Å²) in [5, 5.41) is 9.46. The summed E-state index contributed by atoms with van der Waals surface area (Å²) in [4.78, 5) is 4.48. The Kier molecular flexibility index (Phi) is 2.59. The minimum absolute atomic E-state index is 0.330. The minimum atomic E-state index is 0.330. The number of phenolic OH excluding ortho intramolecular Hbond substituents is 1. The van der Waals surface area contributed by atoms with Gasteiger partial charge in [0.1, 0.15) is 5.75 Å². The first kappa shape index (κ1) is 10.4. The van der Waals surface area contributed by atoms with Gasteiger partial charge in [0, 0.05) is 12.2 Å². The Morgan fingerprint density at radius 1 is 1.24 bits per heavy atom. The molecule has 0 amide bonds. The topological polar surface area (TPSA) is 38.0 Å². The molecule has 3 rings (SSSR count). The molecule has 1 N–H and O–H groups in total. The first-order valence-electron chi connectivity index (χ1n) is 6.14. The maximum absolute atomic E-state index is 9.46. The number of nitrogens with zero attached hydrogens (tertiary/aromatic N) is 2. The van der Waals surface area contributed by atoms with Crippen molar-refractivity contribution in [1.29, 1.82) is 0 Å². The number of hydrogen-bond donors (Lipinski definition) is 1. The van der Waals surface area contributed by atoms with Crippen LogP contribution in [0.2, 0.25) is 0 Å². The second-order valence-electron chi connectivity index (χ2n) is 4.64. The Balaban J connectivity index is 1.88. The summed E-state index contributed by atoms with van der Waals surface area (Å²) < 4.78 is 2.21. The normalized spacial score (nSPS) is 14.6. The van der Waals surface area contributed by atoms with E-state index in [-0.39, 0.29) is 0 Å². The van der Waals surface area contributed by atoms with Gasteiger partial charge in [-0.15, -0.1) is 0 Å². The van der Waals surface area contributed by atoms with Crippen molar-refractivity contribution in [3.8, 4) is 5.75 Å². The van der Waals surface area contributed by atoms with Crippen molar-refractivity contribution in [3.05, 3.63) is 47.5 Å². The Morgan fingerprint density at radius 2 is 2.12 bits per heavy atom. The molecule has 3 nitrogen and oxygen atoms in total. The van der Waals surface area contributed by atoms with Crippen molar-refractivity contribution in [2.45, 2.75) is 32.2 Å². The van der Waals surface area contributed by atoms with E-state index < -0.39 is 0 Å². The fraction of sp³-hybridized carbons (Fsp3) is 0.357. The van der Waals surface area contributed by atoms with E-state index in [0.717, 1.165) is 24.9 Å². The number of aromatic hydroxyl groups is 1. The van der Waals surface area contributed by atoms with Crippen LogP contribution in [0.4, 0.5) is 0 Å². The van der Waals surface area contributed by atoms with E-state index in [1.54, 1.807) is 6.07 Å². The van der Waals surface area contributed by atoms with E-state index in [9.17, 15) is 5.11 Å². The molecular formula is C14H16N2O. The zero-order chi connectivity index (χ0) is 11.7. The third-order valence-corrected chi connectivity index (χ3v) is 3.37. The number of hydrogen-bond acceptors (Lipinski definition) is 2. The third-order valence-electron chi connectivity index (χ3n) is 3.37. The molecule has 0 radical (unpaired) electrons. The summed E-state index contributed by atoms with van der Waals surface area (Å²) in [7, 11) is 0. The number of rotatable bonds is 2. The van der Waals surface area contributed by atoms with Crippen LogP contribution in [0.3, 0.4) is 0 Å². The summed E-state index contributed by atoms with van der Waals surface area (Å²) >= 11 is 0. The van der Waals surface area contributed by atoms with Gasteiger partial charge in [0.25, 0.3) is 0 Å². The fourth-order valence-corrected chi connectivity index (χ4v) is 2.52. The lowest BCUT2D eigenvalue weighted by molar-refractivity contribution is 0.474. The molecule has 1 aromatic carbocycles. The molecule has 1 heterocycles. The lowest BCUT2D eigenvalue weighted by atomic mass is 10.0. The first-order chi connectivity index (χ1) is 8.33. The quantitative estimate of drug-likeness (QED) is 0.857. The van der Waals surface area contributed by atoms with Crippen LogP contribution < -0.4 is 0 Å². The van der Waals surface area contributed by atoms with E-state index in [4.69, 9.17) is 0 Å². The average molecular weight is 228 g/mol. The van der Waals surface area contributed by atoms with Crippen LogP contribution in [0.1, 0.15) is 29.8 Å². The highest BCUT2D eigenvalue weighted by Gasteiger charge is 2.14. The molecule has 3 heteroatoms. The monoisotopic (exact) mass is 228 g/mol. The molecule has 0 spiro atoms. The van der Waals surface area contributed by atoms with E-state index in [1.165, 1.54) is 24.2 Å². The summed E-state index contributed by atoms with van der Waals surface area (Å²) in [6.07, 6.45) is 6.70. The van der Waals surface area contributed by atoms with Gasteiger partial charge in [-0.05, 0) is 43.4 Å². The van der Waals surface area contributed by atoms with Crippen molar-refractivity contribution in [1.82, 2.24) is 9.55 Å². The lowest BCUT2D eigenvalue weighted by Gasteiger charge is -2.14. The predicted octanol–water partition coefficient (Wildman–Crippen LogP) is 2.52. The second-order valence-corrected chi connectivity index (χ2v) is 4.64. The largest absolute Gasteiger partial charge is 0.508 e. The van der Waals surface area contributed by atoms with Crippen LogP contribution in [0.15, 0.2) is 30.6 Å². The number of imidazole rings is 1. The maximum Gasteiger partial charge on any atom is 0.115 e. The molecule has 17 heavy (non-hydrogen) atoms. The van der Waals surface area contributed by atoms with Crippen molar-refractivity contribution in [2.24, 2.45) is 0 Å². The molecular weight excluding hydrogens is 212 g/mol. The first-order valence-corrected chi connectivity index (χ1v) is 6.14. The van der Waals surface area contributed by atoms with Crippen LogP contribution in [0.5, 0.6) is 5.75 Å². The fourth-order valence-electron chi connectivity index (χ4n) is 2.52. The number of aromatic nitrogens is 2. The lowest BCUT2D eigenvalue weighted by Crippen LogP contribution is -2.08. The molecule has 0 saturated carbocycles. The molecule has 1 aliphatic carbocycles. The van der Waals surface area contributed by atoms with Crippen LogP contribution in [0.25, 0.3) is 0 Å².